The Morgan fingerprint density at radius 3 is 2.05 bits per heavy atom. The number of aliphatic hydroxyl groups excluding tert-OH is 1. The van der Waals surface area contributed by atoms with Crippen LogP contribution in [-0.2, 0) is 25.7 Å². The highest BCUT2D eigenvalue weighted by atomic mass is 32.1. The summed E-state index contributed by atoms with van der Waals surface area (Å²) in [6.07, 6.45) is 0.328. The summed E-state index contributed by atoms with van der Waals surface area (Å²) >= 11 is 1.57. The monoisotopic (exact) mass is 897 g/mol. The number of aliphatic hydroxyl groups is 1. The average molecular weight is 898 g/mol. The largest absolute Gasteiger partial charge is 0.492 e. The Morgan fingerprint density at radius 2 is 1.45 bits per heavy atom. The normalized spacial score (nSPS) is 16.8. The van der Waals surface area contributed by atoms with Gasteiger partial charge in [0.2, 0.25) is 23.6 Å². The highest BCUT2D eigenvalue weighted by Gasteiger charge is 2.44. The van der Waals surface area contributed by atoms with Crippen LogP contribution in [-0.4, -0.2) is 76.5 Å². The molecule has 342 valence electrons. The topological polar surface area (TPSA) is 150 Å². The third-order valence-electron chi connectivity index (χ3n) is 11.9. The van der Waals surface area contributed by atoms with Crippen molar-refractivity contribution < 1.29 is 29.0 Å². The van der Waals surface area contributed by atoms with Gasteiger partial charge in [-0.15, -0.1) is 11.3 Å². The fraction of sp³-hybridized carbons (Fsp3) is 0.377. The van der Waals surface area contributed by atoms with Gasteiger partial charge in [-0.2, -0.15) is 0 Å². The molecule has 1 fully saturated rings. The lowest BCUT2D eigenvalue weighted by atomic mass is 9.84. The third-order valence-corrected chi connectivity index (χ3v) is 12.9. The molecule has 4 aromatic carbocycles. The molecule has 5 aromatic rings. The Kier molecular flexibility index (Phi) is 16.5. The van der Waals surface area contributed by atoms with Crippen LogP contribution in [0.3, 0.4) is 0 Å². The van der Waals surface area contributed by atoms with Gasteiger partial charge in [0, 0.05) is 31.3 Å². The zero-order valence-electron chi connectivity index (χ0n) is 38.6. The maximum atomic E-state index is 14.2. The van der Waals surface area contributed by atoms with E-state index in [1.807, 2.05) is 81.7 Å². The molecule has 2 unspecified atom stereocenters. The molecule has 6 rings (SSSR count). The molecule has 2 heterocycles. The highest BCUT2D eigenvalue weighted by Crippen LogP contribution is 2.35. The molecule has 11 nitrogen and oxygen atoms in total. The molecular weight excluding hydrogens is 835 g/mol. The minimum atomic E-state index is -0.977. The van der Waals surface area contributed by atoms with Crippen molar-refractivity contribution in [2.24, 2.45) is 17.3 Å². The van der Waals surface area contributed by atoms with Crippen LogP contribution in [0.5, 0.6) is 5.75 Å². The standard InChI is InChI=1S/C53H63N5O6S/c1-8-44(38-15-11-9-12-16-38)46(39-17-13-10-14-18-39)40-23-25-43(26-24-40)64-28-27-54-49(60)34(2)29-35(3)50(61)57-48(53(5,6)7)52(63)58-32-42(59)30-45(58)51(62)55-31-37-19-21-41(22-20-37)47-36(4)56-33-65-47/h9-26,33-35,42,45,48,59H,8,27-32H2,1-7H3,(H,54,60)(H,55,62)(H,57,61)/b46-44-/t34?,35?,42-,45+,48-/m1/s1. The molecule has 4 N–H and O–H groups in total. The van der Waals surface area contributed by atoms with E-state index in [0.717, 1.165) is 39.2 Å². The van der Waals surface area contributed by atoms with Gasteiger partial charge in [0.25, 0.3) is 0 Å². The smallest absolute Gasteiger partial charge is 0.246 e. The Balaban J connectivity index is 0.984. The number of carbonyl (C=O) groups is 4. The summed E-state index contributed by atoms with van der Waals surface area (Å²) in [5.41, 5.74) is 9.84. The molecule has 1 aliphatic rings. The molecular formula is C53H63N5O6S. The zero-order chi connectivity index (χ0) is 46.7. The number of ether oxygens (including phenoxy) is 1. The van der Waals surface area contributed by atoms with Crippen LogP contribution in [0.15, 0.2) is 115 Å². The van der Waals surface area contributed by atoms with Gasteiger partial charge in [0.15, 0.2) is 0 Å². The molecule has 0 radical (unpaired) electrons. The van der Waals surface area contributed by atoms with E-state index in [1.54, 1.807) is 25.2 Å². The Morgan fingerprint density at radius 1 is 0.831 bits per heavy atom. The number of β-amino-alcohol motifs (C(OH)–C–C–N with tert-alkyl or cyclic N) is 1. The van der Waals surface area contributed by atoms with Gasteiger partial charge in [-0.05, 0) is 76.3 Å². The van der Waals surface area contributed by atoms with E-state index in [9.17, 15) is 24.3 Å². The maximum absolute atomic E-state index is 14.2. The van der Waals surface area contributed by atoms with E-state index in [4.69, 9.17) is 4.74 Å². The molecule has 65 heavy (non-hydrogen) atoms. The van der Waals surface area contributed by atoms with Crippen LogP contribution in [0.25, 0.3) is 21.6 Å². The molecule has 0 bridgehead atoms. The number of rotatable bonds is 18. The first-order chi connectivity index (χ1) is 31.1. The third kappa shape index (κ3) is 12.6. The highest BCUT2D eigenvalue weighted by molar-refractivity contribution is 7.13. The molecule has 1 saturated heterocycles. The lowest BCUT2D eigenvalue weighted by molar-refractivity contribution is -0.144. The van der Waals surface area contributed by atoms with Crippen LogP contribution in [0.4, 0.5) is 0 Å². The van der Waals surface area contributed by atoms with Crippen molar-refractivity contribution in [2.45, 2.75) is 92.5 Å². The second kappa shape index (κ2) is 22.2. The van der Waals surface area contributed by atoms with E-state index in [-0.39, 0.29) is 56.8 Å². The summed E-state index contributed by atoms with van der Waals surface area (Å²) in [5.74, 6) is -1.79. The molecule has 4 amide bonds. The maximum Gasteiger partial charge on any atom is 0.246 e. The first-order valence-electron chi connectivity index (χ1n) is 22.6. The number of amides is 4. The van der Waals surface area contributed by atoms with Gasteiger partial charge in [0.05, 0.1) is 28.7 Å². The minimum absolute atomic E-state index is 0.0227. The van der Waals surface area contributed by atoms with Gasteiger partial charge >= 0.3 is 0 Å². The number of likely N-dealkylation sites (tertiary alicyclic amines) is 1. The number of hydrogen-bond acceptors (Lipinski definition) is 8. The number of hydrogen-bond donors (Lipinski definition) is 4. The Labute approximate surface area is 387 Å². The second-order valence-corrected chi connectivity index (χ2v) is 18.9. The number of nitrogens with one attached hydrogen (secondary N) is 3. The number of benzene rings is 4. The molecule has 12 heteroatoms. The molecule has 1 aliphatic heterocycles. The number of aromatic nitrogens is 1. The lowest BCUT2D eigenvalue weighted by Gasteiger charge is -2.36. The van der Waals surface area contributed by atoms with Gasteiger partial charge in [-0.3, -0.25) is 19.2 Å². The summed E-state index contributed by atoms with van der Waals surface area (Å²) in [5, 5.41) is 19.5. The molecule has 0 spiro atoms. The lowest BCUT2D eigenvalue weighted by Crippen LogP contribution is -2.58. The molecule has 0 aliphatic carbocycles. The van der Waals surface area contributed by atoms with Crippen molar-refractivity contribution in [3.8, 4) is 16.2 Å². The molecule has 5 atom stereocenters. The van der Waals surface area contributed by atoms with Crippen LogP contribution < -0.4 is 20.7 Å². The van der Waals surface area contributed by atoms with Crippen molar-refractivity contribution in [2.75, 3.05) is 19.7 Å². The van der Waals surface area contributed by atoms with Crippen LogP contribution in [0.2, 0.25) is 0 Å². The predicted octanol–water partition coefficient (Wildman–Crippen LogP) is 8.45. The Bertz CT molecular complexity index is 2410. The van der Waals surface area contributed by atoms with Gasteiger partial charge in [-0.25, -0.2) is 4.98 Å². The molecule has 1 aromatic heterocycles. The summed E-state index contributed by atoms with van der Waals surface area (Å²) < 4.78 is 6.02. The quantitative estimate of drug-likeness (QED) is 0.0510. The van der Waals surface area contributed by atoms with E-state index in [2.05, 4.69) is 88.5 Å². The van der Waals surface area contributed by atoms with E-state index in [1.165, 1.54) is 21.6 Å². The number of allylic oxidation sites excluding steroid dienone is 1. The minimum Gasteiger partial charge on any atom is -0.492 e. The van der Waals surface area contributed by atoms with Crippen molar-refractivity contribution in [3.63, 3.8) is 0 Å². The van der Waals surface area contributed by atoms with Crippen LogP contribution in [0, 0.1) is 24.2 Å². The van der Waals surface area contributed by atoms with Crippen molar-refractivity contribution >= 4 is 46.1 Å². The fourth-order valence-corrected chi connectivity index (χ4v) is 9.14. The van der Waals surface area contributed by atoms with Crippen molar-refractivity contribution in [1.82, 2.24) is 25.8 Å². The first kappa shape index (κ1) is 48.3. The van der Waals surface area contributed by atoms with Gasteiger partial charge in [0.1, 0.15) is 24.4 Å². The van der Waals surface area contributed by atoms with Crippen molar-refractivity contribution in [3.05, 3.63) is 143 Å². The zero-order valence-corrected chi connectivity index (χ0v) is 39.4. The summed E-state index contributed by atoms with van der Waals surface area (Å²) in [6, 6.07) is 34.9. The fourth-order valence-electron chi connectivity index (χ4n) is 8.33. The summed E-state index contributed by atoms with van der Waals surface area (Å²) in [4.78, 5) is 61.3. The summed E-state index contributed by atoms with van der Waals surface area (Å²) in [6.45, 7) is 14.0. The summed E-state index contributed by atoms with van der Waals surface area (Å²) in [7, 11) is 0. The van der Waals surface area contributed by atoms with E-state index < -0.39 is 41.3 Å². The van der Waals surface area contributed by atoms with Gasteiger partial charge < -0.3 is 30.7 Å². The number of thiazole rings is 1. The van der Waals surface area contributed by atoms with Crippen molar-refractivity contribution in [1.29, 1.82) is 0 Å². The first-order valence-corrected chi connectivity index (χ1v) is 23.4. The average Bonchev–Trinajstić information content (AvgIpc) is 3.93. The van der Waals surface area contributed by atoms with E-state index >= 15 is 0 Å². The number of nitrogens with zero attached hydrogens (tertiary/aromatic N) is 2. The molecule has 0 saturated carbocycles. The van der Waals surface area contributed by atoms with Crippen LogP contribution >= 0.6 is 11.3 Å². The second-order valence-electron chi connectivity index (χ2n) is 18.0. The van der Waals surface area contributed by atoms with E-state index in [0.29, 0.717) is 5.75 Å². The number of aryl methyl sites for hydroxylation is 1. The van der Waals surface area contributed by atoms with Crippen LogP contribution in [0.1, 0.15) is 88.8 Å². The Hall–Kier alpha value is -6.11. The SMILES string of the molecule is CC/C(=C(\c1ccccc1)c1ccc(OCCNC(=O)C(C)CC(C)C(=O)N[C@H](C(=O)N2C[C@H](O)C[C@H]2C(=O)NCc2ccc(-c3scnc3C)cc2)C(C)(C)C)cc1)c1ccccc1. The predicted molar refractivity (Wildman–Crippen MR) is 259 cm³/mol. The van der Waals surface area contributed by atoms with Gasteiger partial charge in [-0.1, -0.05) is 139 Å². The number of carbonyl (C=O) groups excluding carboxylic acids is 4.